The molecule has 0 spiro atoms. The highest BCUT2D eigenvalue weighted by atomic mass is 16.3. The Bertz CT molecular complexity index is 291. The van der Waals surface area contributed by atoms with Gasteiger partial charge in [-0.3, -0.25) is 0 Å². The maximum Gasteiger partial charge on any atom is 0.0811 e. The maximum atomic E-state index is 8.93. The lowest BCUT2D eigenvalue weighted by atomic mass is 10.0. The van der Waals surface area contributed by atoms with E-state index in [0.29, 0.717) is 0 Å². The highest BCUT2D eigenvalue weighted by Gasteiger charge is 2.18. The molecule has 0 saturated heterocycles. The SMILES string of the molecule is NC(/C=C\c1ccccc1)(CO)CO. The highest BCUT2D eigenvalue weighted by Crippen LogP contribution is 2.06. The Morgan fingerprint density at radius 3 is 2.21 bits per heavy atom. The smallest absolute Gasteiger partial charge is 0.0811 e. The predicted molar refractivity (Wildman–Crippen MR) is 56.6 cm³/mol. The van der Waals surface area contributed by atoms with E-state index in [9.17, 15) is 0 Å². The van der Waals surface area contributed by atoms with Crippen molar-refractivity contribution in [2.45, 2.75) is 5.54 Å². The summed E-state index contributed by atoms with van der Waals surface area (Å²) in [6.07, 6.45) is 3.40. The Hall–Kier alpha value is -1.16. The summed E-state index contributed by atoms with van der Waals surface area (Å²) in [6, 6.07) is 9.59. The lowest BCUT2D eigenvalue weighted by Gasteiger charge is -2.19. The van der Waals surface area contributed by atoms with Crippen LogP contribution in [0.25, 0.3) is 6.08 Å². The monoisotopic (exact) mass is 193 g/mol. The molecule has 76 valence electrons. The molecule has 0 atom stereocenters. The average Bonchev–Trinajstić information content (AvgIpc) is 2.27. The van der Waals surface area contributed by atoms with Crippen molar-refractivity contribution in [2.75, 3.05) is 13.2 Å². The maximum absolute atomic E-state index is 8.93. The first kappa shape index (κ1) is 10.9. The van der Waals surface area contributed by atoms with Gasteiger partial charge in [0.2, 0.25) is 0 Å². The van der Waals surface area contributed by atoms with Gasteiger partial charge in [0.05, 0.1) is 18.8 Å². The van der Waals surface area contributed by atoms with E-state index >= 15 is 0 Å². The van der Waals surface area contributed by atoms with Crippen LogP contribution in [0.1, 0.15) is 5.56 Å². The molecular weight excluding hydrogens is 178 g/mol. The molecule has 0 fully saturated rings. The molecule has 0 aliphatic heterocycles. The Kier molecular flexibility index (Phi) is 3.83. The van der Waals surface area contributed by atoms with Gasteiger partial charge >= 0.3 is 0 Å². The van der Waals surface area contributed by atoms with Crippen LogP contribution in [0, 0.1) is 0 Å². The molecule has 0 amide bonds. The number of nitrogens with two attached hydrogens (primary N) is 1. The predicted octanol–water partition coefficient (Wildman–Crippen LogP) is 0.382. The summed E-state index contributed by atoms with van der Waals surface area (Å²) in [4.78, 5) is 0. The Morgan fingerprint density at radius 1 is 1.14 bits per heavy atom. The van der Waals surface area contributed by atoms with Gasteiger partial charge in [-0.05, 0) is 5.56 Å². The highest BCUT2D eigenvalue weighted by molar-refractivity contribution is 5.50. The molecule has 1 aromatic carbocycles. The van der Waals surface area contributed by atoms with Crippen molar-refractivity contribution in [3.63, 3.8) is 0 Å². The van der Waals surface area contributed by atoms with Gasteiger partial charge in [-0.2, -0.15) is 0 Å². The van der Waals surface area contributed by atoms with Gasteiger partial charge in [0.25, 0.3) is 0 Å². The number of benzene rings is 1. The fourth-order valence-corrected chi connectivity index (χ4v) is 0.982. The second-order valence-corrected chi connectivity index (χ2v) is 3.29. The number of aliphatic hydroxyl groups is 2. The fourth-order valence-electron chi connectivity index (χ4n) is 0.982. The molecule has 0 bridgehead atoms. The standard InChI is InChI=1S/C11H15NO2/c12-11(8-13,9-14)7-6-10-4-2-1-3-5-10/h1-7,13-14H,8-9,12H2/b7-6-. The number of hydrogen-bond donors (Lipinski definition) is 3. The summed E-state index contributed by atoms with van der Waals surface area (Å²) < 4.78 is 0. The van der Waals surface area contributed by atoms with E-state index < -0.39 is 5.54 Å². The van der Waals surface area contributed by atoms with Crippen molar-refractivity contribution in [1.29, 1.82) is 0 Å². The van der Waals surface area contributed by atoms with E-state index in [4.69, 9.17) is 15.9 Å². The molecule has 1 aromatic rings. The molecule has 0 unspecified atom stereocenters. The molecule has 0 radical (unpaired) electrons. The second kappa shape index (κ2) is 4.91. The summed E-state index contributed by atoms with van der Waals surface area (Å²) in [5.41, 5.74) is 5.62. The van der Waals surface area contributed by atoms with E-state index in [0.717, 1.165) is 5.56 Å². The number of hydrogen-bond acceptors (Lipinski definition) is 3. The van der Waals surface area contributed by atoms with E-state index in [2.05, 4.69) is 0 Å². The molecular formula is C11H15NO2. The molecule has 3 nitrogen and oxygen atoms in total. The largest absolute Gasteiger partial charge is 0.394 e. The normalized spacial score (nSPS) is 12.2. The van der Waals surface area contributed by atoms with Crippen molar-refractivity contribution in [2.24, 2.45) is 5.73 Å². The van der Waals surface area contributed by atoms with Crippen LogP contribution in [0.2, 0.25) is 0 Å². The van der Waals surface area contributed by atoms with Crippen LogP contribution in [0.5, 0.6) is 0 Å². The Morgan fingerprint density at radius 2 is 1.71 bits per heavy atom. The Balaban J connectivity index is 2.72. The molecule has 0 saturated carbocycles. The zero-order valence-corrected chi connectivity index (χ0v) is 7.93. The van der Waals surface area contributed by atoms with Crippen LogP contribution in [0.4, 0.5) is 0 Å². The van der Waals surface area contributed by atoms with Crippen LogP contribution in [-0.4, -0.2) is 29.0 Å². The minimum atomic E-state index is -1.03. The van der Waals surface area contributed by atoms with E-state index in [-0.39, 0.29) is 13.2 Å². The van der Waals surface area contributed by atoms with Gasteiger partial charge < -0.3 is 15.9 Å². The van der Waals surface area contributed by atoms with Crippen molar-refractivity contribution < 1.29 is 10.2 Å². The first-order chi connectivity index (χ1) is 6.70. The van der Waals surface area contributed by atoms with Gasteiger partial charge in [0.15, 0.2) is 0 Å². The molecule has 1 rings (SSSR count). The molecule has 0 heterocycles. The quantitative estimate of drug-likeness (QED) is 0.647. The number of aliphatic hydroxyl groups excluding tert-OH is 2. The van der Waals surface area contributed by atoms with Crippen LogP contribution in [0.15, 0.2) is 36.4 Å². The molecule has 0 aromatic heterocycles. The molecule has 3 heteroatoms. The lowest BCUT2D eigenvalue weighted by molar-refractivity contribution is 0.152. The van der Waals surface area contributed by atoms with Gasteiger partial charge in [0.1, 0.15) is 0 Å². The van der Waals surface area contributed by atoms with Crippen molar-refractivity contribution in [3.8, 4) is 0 Å². The van der Waals surface area contributed by atoms with E-state index in [1.165, 1.54) is 0 Å². The summed E-state index contributed by atoms with van der Waals surface area (Å²) in [5, 5.41) is 17.9. The summed E-state index contributed by atoms with van der Waals surface area (Å²) in [5.74, 6) is 0. The van der Waals surface area contributed by atoms with E-state index in [1.54, 1.807) is 12.2 Å². The summed E-state index contributed by atoms with van der Waals surface area (Å²) in [6.45, 7) is -0.542. The van der Waals surface area contributed by atoms with Gasteiger partial charge in [-0.25, -0.2) is 0 Å². The molecule has 4 N–H and O–H groups in total. The summed E-state index contributed by atoms with van der Waals surface area (Å²) >= 11 is 0. The molecule has 14 heavy (non-hydrogen) atoms. The third-order valence-corrected chi connectivity index (χ3v) is 2.00. The first-order valence-electron chi connectivity index (χ1n) is 4.45. The third kappa shape index (κ3) is 2.96. The zero-order valence-electron chi connectivity index (χ0n) is 7.93. The van der Waals surface area contributed by atoms with Crippen LogP contribution >= 0.6 is 0 Å². The van der Waals surface area contributed by atoms with Crippen molar-refractivity contribution >= 4 is 6.08 Å². The van der Waals surface area contributed by atoms with Crippen LogP contribution in [0.3, 0.4) is 0 Å². The van der Waals surface area contributed by atoms with Gasteiger partial charge in [-0.15, -0.1) is 0 Å². The van der Waals surface area contributed by atoms with Gasteiger partial charge in [-0.1, -0.05) is 42.5 Å². The first-order valence-corrected chi connectivity index (χ1v) is 4.45. The fraction of sp³-hybridized carbons (Fsp3) is 0.273. The lowest BCUT2D eigenvalue weighted by Crippen LogP contribution is -2.45. The minimum Gasteiger partial charge on any atom is -0.394 e. The van der Waals surface area contributed by atoms with Crippen molar-refractivity contribution in [1.82, 2.24) is 0 Å². The second-order valence-electron chi connectivity index (χ2n) is 3.29. The average molecular weight is 193 g/mol. The Labute approximate surface area is 83.5 Å². The minimum absolute atomic E-state index is 0.271. The van der Waals surface area contributed by atoms with Crippen LogP contribution < -0.4 is 5.73 Å². The van der Waals surface area contributed by atoms with E-state index in [1.807, 2.05) is 30.3 Å². The van der Waals surface area contributed by atoms with Gasteiger partial charge in [0, 0.05) is 0 Å². The number of rotatable bonds is 4. The van der Waals surface area contributed by atoms with Crippen molar-refractivity contribution in [3.05, 3.63) is 42.0 Å². The topological polar surface area (TPSA) is 66.5 Å². The van der Waals surface area contributed by atoms with Crippen LogP contribution in [-0.2, 0) is 0 Å². The molecule has 0 aliphatic rings. The third-order valence-electron chi connectivity index (χ3n) is 2.00. The summed E-state index contributed by atoms with van der Waals surface area (Å²) in [7, 11) is 0. The zero-order chi connectivity index (χ0) is 10.4. The molecule has 0 aliphatic carbocycles.